The van der Waals surface area contributed by atoms with E-state index in [1.807, 2.05) is 0 Å². The van der Waals surface area contributed by atoms with Crippen molar-refractivity contribution in [1.82, 2.24) is 20.4 Å². The zero-order valence-electron chi connectivity index (χ0n) is 9.22. The van der Waals surface area contributed by atoms with Gasteiger partial charge in [-0.15, -0.1) is 0 Å². The standard InChI is InChI=1S/C10H18N4O2/c15-9(7-14-5-3-11-4-6-14)8-16-10-1-2-12-13-10/h1-2,9,11,15H,3-8H2,(H,12,13). The number of ether oxygens (including phenoxy) is 1. The van der Waals surface area contributed by atoms with Gasteiger partial charge in [-0.05, 0) is 0 Å². The van der Waals surface area contributed by atoms with Gasteiger partial charge < -0.3 is 15.2 Å². The fraction of sp³-hybridized carbons (Fsp3) is 0.700. The maximum atomic E-state index is 9.78. The first-order valence-electron chi connectivity index (χ1n) is 5.58. The molecule has 6 heteroatoms. The van der Waals surface area contributed by atoms with E-state index in [-0.39, 0.29) is 0 Å². The average Bonchev–Trinajstić information content (AvgIpc) is 2.81. The van der Waals surface area contributed by atoms with Gasteiger partial charge in [-0.2, -0.15) is 5.10 Å². The summed E-state index contributed by atoms with van der Waals surface area (Å²) in [6.45, 7) is 4.92. The van der Waals surface area contributed by atoms with E-state index in [9.17, 15) is 5.11 Å². The second kappa shape index (κ2) is 5.83. The summed E-state index contributed by atoms with van der Waals surface area (Å²) in [5, 5.41) is 19.5. The van der Waals surface area contributed by atoms with E-state index in [2.05, 4.69) is 20.4 Å². The number of aromatic amines is 1. The molecule has 1 aromatic rings. The molecule has 0 aliphatic carbocycles. The van der Waals surface area contributed by atoms with Crippen LogP contribution in [0.15, 0.2) is 12.3 Å². The van der Waals surface area contributed by atoms with Crippen molar-refractivity contribution < 1.29 is 9.84 Å². The van der Waals surface area contributed by atoms with Gasteiger partial charge in [0.15, 0.2) is 0 Å². The van der Waals surface area contributed by atoms with E-state index in [0.29, 0.717) is 19.0 Å². The van der Waals surface area contributed by atoms with Crippen LogP contribution >= 0.6 is 0 Å². The maximum Gasteiger partial charge on any atom is 0.209 e. The number of nitrogens with zero attached hydrogens (tertiary/aromatic N) is 2. The molecular weight excluding hydrogens is 208 g/mol. The Kier molecular flexibility index (Phi) is 4.15. The van der Waals surface area contributed by atoms with Crippen LogP contribution in [0.4, 0.5) is 0 Å². The van der Waals surface area contributed by atoms with Crippen LogP contribution in [0, 0.1) is 0 Å². The van der Waals surface area contributed by atoms with E-state index < -0.39 is 6.10 Å². The number of aromatic nitrogens is 2. The Bertz CT molecular complexity index is 285. The van der Waals surface area contributed by atoms with Crippen molar-refractivity contribution >= 4 is 0 Å². The fourth-order valence-electron chi connectivity index (χ4n) is 1.75. The van der Waals surface area contributed by atoms with E-state index >= 15 is 0 Å². The first-order chi connectivity index (χ1) is 7.84. The molecule has 0 saturated carbocycles. The average molecular weight is 226 g/mol. The van der Waals surface area contributed by atoms with Crippen LogP contribution in [-0.2, 0) is 0 Å². The van der Waals surface area contributed by atoms with Crippen molar-refractivity contribution in [2.45, 2.75) is 6.10 Å². The van der Waals surface area contributed by atoms with Gasteiger partial charge in [0.1, 0.15) is 12.7 Å². The Balaban J connectivity index is 1.65. The van der Waals surface area contributed by atoms with Gasteiger partial charge in [-0.25, -0.2) is 5.10 Å². The highest BCUT2D eigenvalue weighted by molar-refractivity contribution is 5.04. The van der Waals surface area contributed by atoms with Crippen molar-refractivity contribution in [2.24, 2.45) is 0 Å². The van der Waals surface area contributed by atoms with Gasteiger partial charge in [0, 0.05) is 38.8 Å². The van der Waals surface area contributed by atoms with Crippen LogP contribution in [0.5, 0.6) is 5.88 Å². The van der Waals surface area contributed by atoms with Crippen molar-refractivity contribution in [2.75, 3.05) is 39.3 Å². The highest BCUT2D eigenvalue weighted by Gasteiger charge is 2.14. The van der Waals surface area contributed by atoms with Crippen LogP contribution < -0.4 is 10.1 Å². The van der Waals surface area contributed by atoms with Crippen molar-refractivity contribution in [3.05, 3.63) is 12.3 Å². The number of H-pyrrole nitrogens is 1. The van der Waals surface area contributed by atoms with Gasteiger partial charge in [0.25, 0.3) is 0 Å². The quantitative estimate of drug-likeness (QED) is 0.604. The number of nitrogens with one attached hydrogen (secondary N) is 2. The van der Waals surface area contributed by atoms with Crippen molar-refractivity contribution in [3.8, 4) is 5.88 Å². The lowest BCUT2D eigenvalue weighted by Gasteiger charge is -2.28. The molecule has 2 heterocycles. The Labute approximate surface area is 94.6 Å². The number of hydrogen-bond acceptors (Lipinski definition) is 5. The molecule has 0 radical (unpaired) electrons. The summed E-state index contributed by atoms with van der Waals surface area (Å²) < 4.78 is 5.34. The molecule has 16 heavy (non-hydrogen) atoms. The molecule has 90 valence electrons. The lowest BCUT2D eigenvalue weighted by Crippen LogP contribution is -2.47. The molecule has 2 rings (SSSR count). The van der Waals surface area contributed by atoms with Crippen LogP contribution in [-0.4, -0.2) is 65.6 Å². The van der Waals surface area contributed by atoms with Crippen LogP contribution in [0.25, 0.3) is 0 Å². The predicted molar refractivity (Wildman–Crippen MR) is 59.4 cm³/mol. The Hall–Kier alpha value is -1.11. The van der Waals surface area contributed by atoms with E-state index in [1.165, 1.54) is 0 Å². The second-order valence-corrected chi connectivity index (χ2v) is 3.94. The summed E-state index contributed by atoms with van der Waals surface area (Å²) >= 11 is 0. The Morgan fingerprint density at radius 1 is 1.50 bits per heavy atom. The highest BCUT2D eigenvalue weighted by atomic mass is 16.5. The molecule has 1 unspecified atom stereocenters. The minimum Gasteiger partial charge on any atom is -0.475 e. The third kappa shape index (κ3) is 3.48. The minimum atomic E-state index is -0.457. The number of rotatable bonds is 5. The SMILES string of the molecule is OC(COc1ccn[nH]1)CN1CCNCC1. The summed E-state index contributed by atoms with van der Waals surface area (Å²) in [6, 6.07) is 1.73. The van der Waals surface area contributed by atoms with Crippen LogP contribution in [0.3, 0.4) is 0 Å². The van der Waals surface area contributed by atoms with Gasteiger partial charge in [0.2, 0.25) is 5.88 Å². The normalized spacial score (nSPS) is 19.6. The van der Waals surface area contributed by atoms with E-state index in [1.54, 1.807) is 12.3 Å². The zero-order chi connectivity index (χ0) is 11.2. The summed E-state index contributed by atoms with van der Waals surface area (Å²) in [7, 11) is 0. The molecule has 0 amide bonds. The first kappa shape index (κ1) is 11.4. The summed E-state index contributed by atoms with van der Waals surface area (Å²) in [5.74, 6) is 0.597. The summed E-state index contributed by atoms with van der Waals surface area (Å²) in [6.07, 6.45) is 1.17. The second-order valence-electron chi connectivity index (χ2n) is 3.94. The monoisotopic (exact) mass is 226 g/mol. The largest absolute Gasteiger partial charge is 0.475 e. The first-order valence-corrected chi connectivity index (χ1v) is 5.58. The molecule has 3 N–H and O–H groups in total. The molecule has 1 atom stereocenters. The maximum absolute atomic E-state index is 9.78. The van der Waals surface area contributed by atoms with Crippen molar-refractivity contribution in [1.29, 1.82) is 0 Å². The molecule has 6 nitrogen and oxygen atoms in total. The number of aliphatic hydroxyl groups excluding tert-OH is 1. The molecule has 0 bridgehead atoms. The summed E-state index contributed by atoms with van der Waals surface area (Å²) in [4.78, 5) is 2.23. The molecule has 0 spiro atoms. The van der Waals surface area contributed by atoms with Crippen LogP contribution in [0.2, 0.25) is 0 Å². The van der Waals surface area contributed by atoms with E-state index in [4.69, 9.17) is 4.74 Å². The van der Waals surface area contributed by atoms with Crippen molar-refractivity contribution in [3.63, 3.8) is 0 Å². The Morgan fingerprint density at radius 2 is 2.31 bits per heavy atom. The minimum absolute atomic E-state index is 0.298. The zero-order valence-corrected chi connectivity index (χ0v) is 9.22. The molecule has 0 aromatic carbocycles. The van der Waals surface area contributed by atoms with Gasteiger partial charge >= 0.3 is 0 Å². The van der Waals surface area contributed by atoms with Crippen LogP contribution in [0.1, 0.15) is 0 Å². The molecule has 1 fully saturated rings. The molecular formula is C10H18N4O2. The third-order valence-electron chi connectivity index (χ3n) is 2.58. The van der Waals surface area contributed by atoms with Gasteiger partial charge in [0.05, 0.1) is 6.20 Å². The van der Waals surface area contributed by atoms with Gasteiger partial charge in [-0.1, -0.05) is 0 Å². The summed E-state index contributed by atoms with van der Waals surface area (Å²) in [5.41, 5.74) is 0. The number of aliphatic hydroxyl groups is 1. The number of β-amino-alcohol motifs (C(OH)–C–C–N with tert-alkyl or cyclic N) is 1. The fourth-order valence-corrected chi connectivity index (χ4v) is 1.75. The van der Waals surface area contributed by atoms with Gasteiger partial charge in [-0.3, -0.25) is 4.90 Å². The molecule has 1 aliphatic heterocycles. The smallest absolute Gasteiger partial charge is 0.209 e. The lowest BCUT2D eigenvalue weighted by molar-refractivity contribution is 0.0625. The highest BCUT2D eigenvalue weighted by Crippen LogP contribution is 2.03. The topological polar surface area (TPSA) is 73.4 Å². The number of hydrogen-bond donors (Lipinski definition) is 3. The molecule has 1 aliphatic rings. The lowest BCUT2D eigenvalue weighted by atomic mass is 10.3. The number of piperazine rings is 1. The third-order valence-corrected chi connectivity index (χ3v) is 2.58. The predicted octanol–water partition coefficient (Wildman–Crippen LogP) is -0.945. The molecule has 1 saturated heterocycles. The molecule has 1 aromatic heterocycles. The van der Waals surface area contributed by atoms with E-state index in [0.717, 1.165) is 26.2 Å². The Morgan fingerprint density at radius 3 is 3.00 bits per heavy atom.